The van der Waals surface area contributed by atoms with Crippen LogP contribution in [0.3, 0.4) is 0 Å². The number of anilines is 2. The van der Waals surface area contributed by atoms with Crippen molar-refractivity contribution in [2.75, 3.05) is 46.0 Å². The first-order valence-electron chi connectivity index (χ1n) is 9.11. The second-order valence-corrected chi connectivity index (χ2v) is 6.07. The Morgan fingerprint density at radius 3 is 2.30 bits per heavy atom. The van der Waals surface area contributed by atoms with Gasteiger partial charge >= 0.3 is 0 Å². The number of nitrogens with one attached hydrogen (secondary N) is 1. The van der Waals surface area contributed by atoms with Crippen molar-refractivity contribution < 1.29 is 18.9 Å². The van der Waals surface area contributed by atoms with Crippen LogP contribution in [0.15, 0.2) is 42.7 Å². The summed E-state index contributed by atoms with van der Waals surface area (Å²) < 4.78 is 21.8. The number of hydrogen-bond acceptors (Lipinski definition) is 7. The van der Waals surface area contributed by atoms with Gasteiger partial charge in [0.2, 0.25) is 0 Å². The number of fused-ring (bicyclic) bond motifs is 1. The van der Waals surface area contributed by atoms with Gasteiger partial charge in [-0.25, -0.2) is 9.97 Å². The van der Waals surface area contributed by atoms with Crippen LogP contribution >= 0.6 is 24.0 Å². The molecule has 8 heteroatoms. The Morgan fingerprint density at radius 1 is 0.933 bits per heavy atom. The van der Waals surface area contributed by atoms with Gasteiger partial charge in [-0.1, -0.05) is 12.0 Å². The molecule has 158 valence electrons. The largest absolute Gasteiger partial charge is 0.487 e. The zero-order chi connectivity index (χ0) is 20.5. The number of rotatable bonds is 10. The predicted octanol–water partition coefficient (Wildman–Crippen LogP) is 4.02. The third kappa shape index (κ3) is 6.19. The minimum Gasteiger partial charge on any atom is -0.487 e. The lowest BCUT2D eigenvalue weighted by molar-refractivity contribution is 0.132. The summed E-state index contributed by atoms with van der Waals surface area (Å²) in [5.41, 5.74) is 2.34. The molecule has 0 aliphatic carbocycles. The van der Waals surface area contributed by atoms with E-state index >= 15 is 0 Å². The topological polar surface area (TPSA) is 74.7 Å². The summed E-state index contributed by atoms with van der Waals surface area (Å²) in [4.78, 5) is 8.75. The number of hydrogen-bond donors (Lipinski definition) is 1. The van der Waals surface area contributed by atoms with Gasteiger partial charge in [0.25, 0.3) is 0 Å². The van der Waals surface area contributed by atoms with Crippen LogP contribution in [-0.4, -0.2) is 50.6 Å². The van der Waals surface area contributed by atoms with Gasteiger partial charge in [0.1, 0.15) is 25.4 Å². The number of halogens is 1. The molecule has 0 saturated carbocycles. The van der Waals surface area contributed by atoms with Crippen molar-refractivity contribution in [1.29, 1.82) is 0 Å². The van der Waals surface area contributed by atoms with Crippen molar-refractivity contribution in [3.63, 3.8) is 0 Å². The SMILES string of the molecule is C#Cc1cccc(Nc2ncnc3cc(OCCOC)c(OCCOC)cc23)c1.I. The molecule has 3 rings (SSSR count). The Labute approximate surface area is 193 Å². The molecule has 0 aliphatic rings. The molecule has 0 atom stereocenters. The lowest BCUT2D eigenvalue weighted by Crippen LogP contribution is -2.09. The average Bonchev–Trinajstić information content (AvgIpc) is 2.75. The molecule has 0 fully saturated rings. The van der Waals surface area contributed by atoms with E-state index in [-0.39, 0.29) is 24.0 Å². The van der Waals surface area contributed by atoms with Gasteiger partial charge in [0.05, 0.1) is 18.7 Å². The van der Waals surface area contributed by atoms with Crippen molar-refractivity contribution in [2.45, 2.75) is 0 Å². The summed E-state index contributed by atoms with van der Waals surface area (Å²) in [6, 6.07) is 11.3. The monoisotopic (exact) mass is 521 g/mol. The molecule has 0 spiro atoms. The molecule has 7 nitrogen and oxygen atoms in total. The highest BCUT2D eigenvalue weighted by molar-refractivity contribution is 14.0. The fraction of sp³-hybridized carbons (Fsp3) is 0.273. The lowest BCUT2D eigenvalue weighted by Gasteiger charge is -2.15. The molecule has 3 aromatic rings. The highest BCUT2D eigenvalue weighted by Gasteiger charge is 2.13. The van der Waals surface area contributed by atoms with Crippen molar-refractivity contribution in [3.8, 4) is 23.8 Å². The van der Waals surface area contributed by atoms with Crippen LogP contribution in [0.4, 0.5) is 11.5 Å². The molecule has 30 heavy (non-hydrogen) atoms. The number of methoxy groups -OCH3 is 2. The second-order valence-electron chi connectivity index (χ2n) is 6.07. The van der Waals surface area contributed by atoms with Gasteiger partial charge in [-0.3, -0.25) is 0 Å². The number of ether oxygens (including phenoxy) is 4. The van der Waals surface area contributed by atoms with E-state index in [1.165, 1.54) is 6.33 Å². The minimum absolute atomic E-state index is 0. The highest BCUT2D eigenvalue weighted by atomic mass is 127. The van der Waals surface area contributed by atoms with E-state index in [9.17, 15) is 0 Å². The summed E-state index contributed by atoms with van der Waals surface area (Å²) in [6.07, 6.45) is 6.99. The molecular weight excluding hydrogens is 497 g/mol. The van der Waals surface area contributed by atoms with Crippen LogP contribution in [0, 0.1) is 12.3 Å². The number of benzene rings is 2. The fourth-order valence-corrected chi connectivity index (χ4v) is 2.68. The van der Waals surface area contributed by atoms with Crippen molar-refractivity contribution in [3.05, 3.63) is 48.3 Å². The summed E-state index contributed by atoms with van der Waals surface area (Å²) in [5, 5.41) is 4.10. The fourth-order valence-electron chi connectivity index (χ4n) is 2.68. The van der Waals surface area contributed by atoms with Gasteiger partial charge in [0, 0.05) is 36.9 Å². The molecule has 1 aromatic heterocycles. The maximum atomic E-state index is 5.86. The van der Waals surface area contributed by atoms with Crippen LogP contribution in [0.1, 0.15) is 5.56 Å². The summed E-state index contributed by atoms with van der Waals surface area (Å²) in [7, 11) is 3.25. The van der Waals surface area contributed by atoms with Crippen LogP contribution in [-0.2, 0) is 9.47 Å². The molecular formula is C22H24IN3O4. The lowest BCUT2D eigenvalue weighted by atomic mass is 10.2. The summed E-state index contributed by atoms with van der Waals surface area (Å²) in [6.45, 7) is 1.73. The van der Waals surface area contributed by atoms with E-state index in [0.717, 1.165) is 22.2 Å². The van der Waals surface area contributed by atoms with Crippen LogP contribution in [0.25, 0.3) is 10.9 Å². The van der Waals surface area contributed by atoms with Gasteiger partial charge < -0.3 is 24.3 Å². The quantitative estimate of drug-likeness (QED) is 0.246. The maximum Gasteiger partial charge on any atom is 0.163 e. The summed E-state index contributed by atoms with van der Waals surface area (Å²) in [5.74, 6) is 4.44. The zero-order valence-electron chi connectivity index (χ0n) is 16.9. The molecule has 1 heterocycles. The summed E-state index contributed by atoms with van der Waals surface area (Å²) >= 11 is 0. The maximum absolute atomic E-state index is 5.86. The Balaban J connectivity index is 0.00000320. The smallest absolute Gasteiger partial charge is 0.163 e. The number of terminal acetylenes is 1. The van der Waals surface area contributed by atoms with Crippen LogP contribution in [0.5, 0.6) is 11.5 Å². The van der Waals surface area contributed by atoms with E-state index in [2.05, 4.69) is 21.2 Å². The Morgan fingerprint density at radius 2 is 1.63 bits per heavy atom. The zero-order valence-corrected chi connectivity index (χ0v) is 19.2. The van der Waals surface area contributed by atoms with E-state index < -0.39 is 0 Å². The highest BCUT2D eigenvalue weighted by Crippen LogP contribution is 2.35. The molecule has 0 radical (unpaired) electrons. The minimum atomic E-state index is 0. The molecule has 0 amide bonds. The Bertz CT molecular complexity index is 1010. The third-order valence-corrected chi connectivity index (χ3v) is 4.08. The Hall–Kier alpha value is -2.61. The molecule has 0 aliphatic heterocycles. The van der Waals surface area contributed by atoms with Gasteiger partial charge in [0.15, 0.2) is 11.5 Å². The molecule has 1 N–H and O–H groups in total. The van der Waals surface area contributed by atoms with Crippen molar-refractivity contribution in [1.82, 2.24) is 9.97 Å². The van der Waals surface area contributed by atoms with Gasteiger partial charge in [-0.2, -0.15) is 0 Å². The molecule has 0 unspecified atom stereocenters. The molecule has 0 bridgehead atoms. The predicted molar refractivity (Wildman–Crippen MR) is 127 cm³/mol. The number of nitrogens with zero attached hydrogens (tertiary/aromatic N) is 2. The normalized spacial score (nSPS) is 10.2. The average molecular weight is 521 g/mol. The van der Waals surface area contributed by atoms with E-state index in [1.54, 1.807) is 14.2 Å². The van der Waals surface area contributed by atoms with Crippen molar-refractivity contribution >= 4 is 46.4 Å². The first kappa shape index (κ1) is 23.7. The first-order chi connectivity index (χ1) is 14.2. The van der Waals surface area contributed by atoms with Crippen LogP contribution < -0.4 is 14.8 Å². The van der Waals surface area contributed by atoms with Crippen LogP contribution in [0.2, 0.25) is 0 Å². The van der Waals surface area contributed by atoms with E-state index in [1.807, 2.05) is 36.4 Å². The van der Waals surface area contributed by atoms with Crippen molar-refractivity contribution in [2.24, 2.45) is 0 Å². The van der Waals surface area contributed by atoms with Gasteiger partial charge in [-0.05, 0) is 24.3 Å². The molecule has 2 aromatic carbocycles. The second kappa shape index (κ2) is 12.2. The van der Waals surface area contributed by atoms with E-state index in [0.29, 0.717) is 43.7 Å². The van der Waals surface area contributed by atoms with E-state index in [4.69, 9.17) is 25.4 Å². The third-order valence-electron chi connectivity index (χ3n) is 4.08. The van der Waals surface area contributed by atoms with Gasteiger partial charge in [-0.15, -0.1) is 30.4 Å². The molecule has 0 saturated heterocycles. The standard InChI is InChI=1S/C22H23N3O4.HI/c1-4-16-6-5-7-17(12-16)25-22-18-13-20(28-10-8-26-2)21(29-11-9-27-3)14-19(18)23-15-24-22;/h1,5-7,12-15H,8-11H2,2-3H3,(H,23,24,25);1H. The Kier molecular flexibility index (Phi) is 9.60. The first-order valence-corrected chi connectivity index (χ1v) is 9.11. The number of aromatic nitrogens is 2.